The van der Waals surface area contributed by atoms with E-state index in [9.17, 15) is 9.59 Å². The van der Waals surface area contributed by atoms with Gasteiger partial charge in [-0.25, -0.2) is 4.68 Å². The van der Waals surface area contributed by atoms with Crippen molar-refractivity contribution in [3.8, 4) is 5.75 Å². The maximum atomic E-state index is 12.5. The zero-order valence-corrected chi connectivity index (χ0v) is 16.2. The van der Waals surface area contributed by atoms with Crippen LogP contribution in [0, 0.1) is 5.92 Å². The number of rotatable bonds is 5. The van der Waals surface area contributed by atoms with E-state index in [-0.39, 0.29) is 12.6 Å². The zero-order chi connectivity index (χ0) is 19.6. The van der Waals surface area contributed by atoms with Crippen LogP contribution in [0.5, 0.6) is 5.75 Å². The van der Waals surface area contributed by atoms with Gasteiger partial charge in [0.25, 0.3) is 5.91 Å². The molecule has 2 aromatic rings. The van der Waals surface area contributed by atoms with Crippen LogP contribution < -0.4 is 10.1 Å². The number of nitrogens with one attached hydrogen (secondary N) is 1. The minimum absolute atomic E-state index is 0.0967. The van der Waals surface area contributed by atoms with Crippen molar-refractivity contribution in [3.63, 3.8) is 0 Å². The average Bonchev–Trinajstić information content (AvgIpc) is 3.09. The Morgan fingerprint density at radius 3 is 2.85 bits per heavy atom. The molecule has 0 aliphatic carbocycles. The largest absolute Gasteiger partial charge is 0.492 e. The summed E-state index contributed by atoms with van der Waals surface area (Å²) in [6, 6.07) is 7.10. The van der Waals surface area contributed by atoms with E-state index in [2.05, 4.69) is 10.4 Å². The number of anilines is 1. The van der Waals surface area contributed by atoms with Gasteiger partial charge in [0.1, 0.15) is 18.2 Å². The van der Waals surface area contributed by atoms with E-state index >= 15 is 0 Å². The number of hydrogen-bond acceptors (Lipinski definition) is 5. The van der Waals surface area contributed by atoms with Crippen molar-refractivity contribution in [2.24, 2.45) is 5.92 Å². The molecule has 1 aliphatic rings. The van der Waals surface area contributed by atoms with Crippen LogP contribution in [0.1, 0.15) is 32.4 Å². The Bertz CT molecular complexity index is 849. The van der Waals surface area contributed by atoms with E-state index in [1.807, 2.05) is 13.8 Å². The second kappa shape index (κ2) is 8.00. The minimum Gasteiger partial charge on any atom is -0.492 e. The molecule has 0 saturated carbocycles. The van der Waals surface area contributed by atoms with Gasteiger partial charge in [0.15, 0.2) is 6.10 Å². The number of nitrogens with zero attached hydrogens (tertiary/aromatic N) is 2. The molecule has 1 amide bonds. The van der Waals surface area contributed by atoms with E-state index in [0.29, 0.717) is 17.3 Å². The summed E-state index contributed by atoms with van der Waals surface area (Å²) in [5, 5.41) is 7.48. The lowest BCUT2D eigenvalue weighted by Gasteiger charge is -2.25. The third-order valence-electron chi connectivity index (χ3n) is 4.34. The van der Waals surface area contributed by atoms with Crippen LogP contribution >= 0.6 is 11.6 Å². The molecule has 0 unspecified atom stereocenters. The first-order valence-electron chi connectivity index (χ1n) is 8.81. The van der Waals surface area contributed by atoms with Crippen LogP contribution in [0.4, 0.5) is 5.82 Å². The number of benzene rings is 1. The van der Waals surface area contributed by atoms with E-state index in [0.717, 1.165) is 11.3 Å². The summed E-state index contributed by atoms with van der Waals surface area (Å²) >= 11 is 6.00. The highest BCUT2D eigenvalue weighted by Crippen LogP contribution is 2.30. The third-order valence-corrected chi connectivity index (χ3v) is 4.57. The summed E-state index contributed by atoms with van der Waals surface area (Å²) < 4.78 is 12.6. The molecule has 1 aromatic heterocycles. The van der Waals surface area contributed by atoms with Gasteiger partial charge in [-0.05, 0) is 51.0 Å². The second-order valence-electron chi connectivity index (χ2n) is 6.79. The molecular formula is C19H22ClN3O4. The molecule has 1 aliphatic heterocycles. The topological polar surface area (TPSA) is 82.5 Å². The first-order chi connectivity index (χ1) is 12.8. The molecule has 0 spiro atoms. The molecule has 3 rings (SSSR count). The van der Waals surface area contributed by atoms with Crippen LogP contribution in [-0.2, 0) is 20.7 Å². The summed E-state index contributed by atoms with van der Waals surface area (Å²) in [7, 11) is 0. The number of halogens is 1. The Hall–Kier alpha value is -2.54. The molecular weight excluding hydrogens is 370 g/mol. The predicted molar refractivity (Wildman–Crippen MR) is 101 cm³/mol. The molecule has 2 heterocycles. The molecule has 144 valence electrons. The van der Waals surface area contributed by atoms with Crippen molar-refractivity contribution in [2.75, 3.05) is 11.9 Å². The first-order valence-corrected chi connectivity index (χ1v) is 9.19. The van der Waals surface area contributed by atoms with Gasteiger partial charge in [-0.15, -0.1) is 0 Å². The normalized spacial score (nSPS) is 17.0. The molecule has 0 fully saturated rings. The van der Waals surface area contributed by atoms with Crippen molar-refractivity contribution in [2.45, 2.75) is 39.3 Å². The second-order valence-corrected chi connectivity index (χ2v) is 7.22. The molecule has 0 radical (unpaired) electrons. The van der Waals surface area contributed by atoms with Gasteiger partial charge < -0.3 is 14.8 Å². The van der Waals surface area contributed by atoms with E-state index in [1.54, 1.807) is 35.1 Å². The van der Waals surface area contributed by atoms with Gasteiger partial charge >= 0.3 is 5.97 Å². The zero-order valence-electron chi connectivity index (χ0n) is 15.4. The van der Waals surface area contributed by atoms with Crippen molar-refractivity contribution >= 4 is 29.3 Å². The minimum atomic E-state index is -0.936. The smallest absolute Gasteiger partial charge is 0.313 e. The molecule has 27 heavy (non-hydrogen) atoms. The number of carbonyl (C=O) groups is 2. The number of aromatic nitrogens is 2. The molecule has 2 atom stereocenters. The van der Waals surface area contributed by atoms with Crippen LogP contribution in [0.15, 0.2) is 30.5 Å². The maximum Gasteiger partial charge on any atom is 0.313 e. The lowest BCUT2D eigenvalue weighted by molar-refractivity contribution is -0.158. The van der Waals surface area contributed by atoms with Crippen molar-refractivity contribution < 1.29 is 19.1 Å². The third kappa shape index (κ3) is 4.42. The van der Waals surface area contributed by atoms with Gasteiger partial charge in [-0.1, -0.05) is 11.6 Å². The summed E-state index contributed by atoms with van der Waals surface area (Å²) in [6.07, 6.45) is 1.13. The fourth-order valence-electron chi connectivity index (χ4n) is 2.89. The molecule has 1 N–H and O–H groups in total. The highest BCUT2D eigenvalue weighted by atomic mass is 35.5. The van der Waals surface area contributed by atoms with Crippen LogP contribution in [0.3, 0.4) is 0 Å². The Morgan fingerprint density at radius 1 is 1.33 bits per heavy atom. The van der Waals surface area contributed by atoms with E-state index < -0.39 is 23.9 Å². The fraction of sp³-hybridized carbons (Fsp3) is 0.421. The number of hydrogen-bond donors (Lipinski definition) is 1. The Morgan fingerprint density at radius 2 is 2.11 bits per heavy atom. The predicted octanol–water partition coefficient (Wildman–Crippen LogP) is 3.24. The van der Waals surface area contributed by atoms with Crippen molar-refractivity contribution in [1.29, 1.82) is 0 Å². The van der Waals surface area contributed by atoms with Gasteiger partial charge in [0, 0.05) is 17.1 Å². The molecule has 1 aromatic carbocycles. The fourth-order valence-corrected chi connectivity index (χ4v) is 3.09. The van der Waals surface area contributed by atoms with Gasteiger partial charge in [-0.2, -0.15) is 5.10 Å². The summed E-state index contributed by atoms with van der Waals surface area (Å²) in [5.41, 5.74) is 0.855. The monoisotopic (exact) mass is 391 g/mol. The standard InChI is InChI=1S/C19H22ClN3O4/c1-11(2)23-17(6-7-21-23)22-18(24)12(3)27-19(25)14-8-13-9-15(20)4-5-16(13)26-10-14/h4-7,9,11-12,14H,8,10H2,1-3H3,(H,22,24)/t12-,14+/m1/s1. The summed E-state index contributed by atoms with van der Waals surface area (Å²) in [6.45, 7) is 5.66. The summed E-state index contributed by atoms with van der Waals surface area (Å²) in [5.74, 6) is -0.0855. The lowest BCUT2D eigenvalue weighted by Crippen LogP contribution is -2.36. The van der Waals surface area contributed by atoms with Crippen molar-refractivity contribution in [3.05, 3.63) is 41.0 Å². The Balaban J connectivity index is 1.59. The molecule has 7 nitrogen and oxygen atoms in total. The first kappa shape index (κ1) is 19.2. The van der Waals surface area contributed by atoms with Crippen LogP contribution in [0.2, 0.25) is 5.02 Å². The quantitative estimate of drug-likeness (QED) is 0.791. The SMILES string of the molecule is CC(C)n1nccc1NC(=O)[C@@H](C)OC(=O)[C@@H]1COc2ccc(Cl)cc2C1. The highest BCUT2D eigenvalue weighted by Gasteiger charge is 2.30. The molecule has 8 heteroatoms. The van der Waals surface area contributed by atoms with Crippen LogP contribution in [0.25, 0.3) is 0 Å². The lowest BCUT2D eigenvalue weighted by atomic mass is 9.97. The summed E-state index contributed by atoms with van der Waals surface area (Å²) in [4.78, 5) is 24.8. The number of fused-ring (bicyclic) bond motifs is 1. The highest BCUT2D eigenvalue weighted by molar-refractivity contribution is 6.30. The molecule has 0 bridgehead atoms. The maximum absolute atomic E-state index is 12.5. The van der Waals surface area contributed by atoms with Gasteiger partial charge in [0.05, 0.1) is 12.1 Å². The van der Waals surface area contributed by atoms with E-state index in [4.69, 9.17) is 21.1 Å². The number of carbonyl (C=O) groups excluding carboxylic acids is 2. The van der Waals surface area contributed by atoms with Crippen molar-refractivity contribution in [1.82, 2.24) is 9.78 Å². The Labute approximate surface area is 162 Å². The number of esters is 1. The van der Waals surface area contributed by atoms with Crippen LogP contribution in [-0.4, -0.2) is 34.4 Å². The van der Waals surface area contributed by atoms with Gasteiger partial charge in [0.2, 0.25) is 0 Å². The van der Waals surface area contributed by atoms with E-state index in [1.165, 1.54) is 6.92 Å². The van der Waals surface area contributed by atoms with Gasteiger partial charge in [-0.3, -0.25) is 9.59 Å². The number of ether oxygens (including phenoxy) is 2. The number of amides is 1. The average molecular weight is 392 g/mol. The molecule has 0 saturated heterocycles. The Kier molecular flexibility index (Phi) is 5.70.